The van der Waals surface area contributed by atoms with Crippen LogP contribution in [-0.2, 0) is 33.2 Å². The second-order valence-electron chi connectivity index (χ2n) is 11.1. The summed E-state index contributed by atoms with van der Waals surface area (Å²) in [6.45, 7) is -3.39. The van der Waals surface area contributed by atoms with E-state index in [1.165, 1.54) is 0 Å². The molecule has 45 heavy (non-hydrogen) atoms. The fourth-order valence-corrected chi connectivity index (χ4v) is 5.52. The van der Waals surface area contributed by atoms with Crippen molar-refractivity contribution in [3.8, 4) is 0 Å². The van der Waals surface area contributed by atoms with E-state index in [9.17, 15) is 71.5 Å². The zero-order valence-corrected chi connectivity index (χ0v) is 23.5. The molecule has 21 heteroatoms. The van der Waals surface area contributed by atoms with Crippen LogP contribution in [0.15, 0.2) is 0 Å². The van der Waals surface area contributed by atoms with Crippen molar-refractivity contribution in [3.63, 3.8) is 0 Å². The van der Waals surface area contributed by atoms with Gasteiger partial charge in [0.05, 0.1) is 26.4 Å². The topological polar surface area (TPSA) is 348 Å². The first-order valence-corrected chi connectivity index (χ1v) is 14.1. The standard InChI is InChI=1S/C24H42O21/c25-1-5-10(30)14(34)20(21(38)39-5)45-24-17(37)19(12(32)8(4-28)42-24)44-23-16(36)18(11(31)7(3-27)41-23)43-22-15(35)13(33)9(29)6(2-26)40-22/h5-38H,1-4H2/t5-,6+,7-,8-,9+,10-,11-,12-,13-,14+,15+,16+,17+,18+,19+,20+,21?,22+,23-,24-/m0/s1. The minimum absolute atomic E-state index is 0.770. The Hall–Kier alpha value is -0.840. The summed E-state index contributed by atoms with van der Waals surface area (Å²) in [6, 6.07) is 0. The van der Waals surface area contributed by atoms with Gasteiger partial charge in [0, 0.05) is 0 Å². The van der Waals surface area contributed by atoms with E-state index in [0.29, 0.717) is 0 Å². The van der Waals surface area contributed by atoms with Crippen molar-refractivity contribution in [1.82, 2.24) is 0 Å². The molecule has 0 bridgehead atoms. The van der Waals surface area contributed by atoms with E-state index in [4.69, 9.17) is 33.2 Å². The molecule has 4 aliphatic heterocycles. The molecular formula is C24H42O21. The predicted molar refractivity (Wildman–Crippen MR) is 134 cm³/mol. The summed E-state index contributed by atoms with van der Waals surface area (Å²) in [5.41, 5.74) is 0. The Labute approximate surface area is 254 Å². The molecule has 4 aliphatic rings. The van der Waals surface area contributed by atoms with Crippen molar-refractivity contribution in [2.45, 2.75) is 123 Å². The zero-order valence-electron chi connectivity index (χ0n) is 23.5. The van der Waals surface area contributed by atoms with Crippen LogP contribution in [0.2, 0.25) is 0 Å². The summed E-state index contributed by atoms with van der Waals surface area (Å²) in [5.74, 6) is 0. The van der Waals surface area contributed by atoms with E-state index in [-0.39, 0.29) is 0 Å². The molecule has 0 aromatic carbocycles. The Bertz CT molecular complexity index is 916. The molecule has 4 saturated heterocycles. The number of hydrogen-bond acceptors (Lipinski definition) is 21. The molecular weight excluding hydrogens is 624 g/mol. The summed E-state index contributed by atoms with van der Waals surface area (Å²) in [6.07, 6.45) is -36.1. The molecule has 0 aromatic heterocycles. The normalized spacial score (nSPS) is 52.9. The molecule has 4 heterocycles. The van der Waals surface area contributed by atoms with E-state index < -0.39 is 149 Å². The van der Waals surface area contributed by atoms with Crippen molar-refractivity contribution < 1.29 is 105 Å². The average Bonchev–Trinajstić information content (AvgIpc) is 3.02. The van der Waals surface area contributed by atoms with Gasteiger partial charge in [0.2, 0.25) is 0 Å². The number of rotatable bonds is 10. The van der Waals surface area contributed by atoms with Crippen LogP contribution < -0.4 is 0 Å². The van der Waals surface area contributed by atoms with Crippen LogP contribution in [0.3, 0.4) is 0 Å². The second kappa shape index (κ2) is 15.6. The molecule has 14 N–H and O–H groups in total. The van der Waals surface area contributed by atoms with Crippen LogP contribution in [0.4, 0.5) is 0 Å². The lowest BCUT2D eigenvalue weighted by atomic mass is 9.95. The highest BCUT2D eigenvalue weighted by Crippen LogP contribution is 2.34. The third kappa shape index (κ3) is 7.44. The lowest BCUT2D eigenvalue weighted by Gasteiger charge is -2.49. The Morgan fingerprint density at radius 3 is 1.09 bits per heavy atom. The zero-order chi connectivity index (χ0) is 33.3. The Balaban J connectivity index is 1.52. The highest BCUT2D eigenvalue weighted by atomic mass is 16.8. The fourth-order valence-electron chi connectivity index (χ4n) is 5.52. The van der Waals surface area contributed by atoms with Crippen molar-refractivity contribution in [2.75, 3.05) is 26.4 Å². The van der Waals surface area contributed by atoms with Crippen molar-refractivity contribution in [3.05, 3.63) is 0 Å². The molecule has 0 aliphatic carbocycles. The molecule has 0 aromatic rings. The van der Waals surface area contributed by atoms with E-state index in [1.807, 2.05) is 0 Å². The Morgan fingerprint density at radius 1 is 0.333 bits per heavy atom. The van der Waals surface area contributed by atoms with Gasteiger partial charge in [0.15, 0.2) is 25.2 Å². The second-order valence-corrected chi connectivity index (χ2v) is 11.1. The molecule has 0 radical (unpaired) electrons. The molecule has 264 valence electrons. The highest BCUT2D eigenvalue weighted by molar-refractivity contribution is 4.97. The smallest absolute Gasteiger partial charge is 0.187 e. The van der Waals surface area contributed by atoms with Gasteiger partial charge in [-0.3, -0.25) is 0 Å². The molecule has 1 unspecified atom stereocenters. The predicted octanol–water partition coefficient (Wildman–Crippen LogP) is -9.75. The molecule has 4 fully saturated rings. The Morgan fingerprint density at radius 2 is 0.667 bits per heavy atom. The minimum Gasteiger partial charge on any atom is -0.394 e. The number of aliphatic hydroxyl groups is 14. The molecule has 0 spiro atoms. The average molecular weight is 667 g/mol. The monoisotopic (exact) mass is 666 g/mol. The first kappa shape index (κ1) is 37.0. The lowest BCUT2D eigenvalue weighted by molar-refractivity contribution is -0.391. The summed E-state index contributed by atoms with van der Waals surface area (Å²) < 4.78 is 37.5. The van der Waals surface area contributed by atoms with Gasteiger partial charge in [-0.05, 0) is 0 Å². The van der Waals surface area contributed by atoms with Crippen LogP contribution in [-0.4, -0.2) is 221 Å². The SMILES string of the molecule is OC[C@@H]1OC(O)[C@H](O[C@@H]2O[C@@H](CO)[C@H](O)[C@@H](O[C@@H]3O[C@@H](CO)[C@H](O)[C@@H](O[C@H]4O[C@H](CO)[C@@H](O)[C@H](O)[C@H]4O)[C@H]3O)[C@H]2O)[C@H](O)[C@H]1O. The number of ether oxygens (including phenoxy) is 7. The van der Waals surface area contributed by atoms with E-state index >= 15 is 0 Å². The van der Waals surface area contributed by atoms with E-state index in [2.05, 4.69) is 0 Å². The van der Waals surface area contributed by atoms with Gasteiger partial charge in [0.1, 0.15) is 97.7 Å². The minimum atomic E-state index is -2.05. The molecule has 0 saturated carbocycles. The third-order valence-electron chi connectivity index (χ3n) is 8.21. The summed E-state index contributed by atoms with van der Waals surface area (Å²) in [4.78, 5) is 0. The maximum atomic E-state index is 11.0. The summed E-state index contributed by atoms with van der Waals surface area (Å²) in [7, 11) is 0. The van der Waals surface area contributed by atoms with Gasteiger partial charge in [0.25, 0.3) is 0 Å². The van der Waals surface area contributed by atoms with Crippen LogP contribution in [0, 0.1) is 0 Å². The van der Waals surface area contributed by atoms with Crippen LogP contribution in [0.1, 0.15) is 0 Å². The van der Waals surface area contributed by atoms with Gasteiger partial charge in [-0.1, -0.05) is 0 Å². The number of hydrogen-bond donors (Lipinski definition) is 14. The molecule has 0 amide bonds. The molecule has 20 atom stereocenters. The first-order chi connectivity index (χ1) is 21.3. The van der Waals surface area contributed by atoms with E-state index in [0.717, 1.165) is 0 Å². The van der Waals surface area contributed by atoms with Gasteiger partial charge in [-0.2, -0.15) is 0 Å². The summed E-state index contributed by atoms with van der Waals surface area (Å²) in [5, 5.41) is 143. The Kier molecular flexibility index (Phi) is 12.8. The quantitative estimate of drug-likeness (QED) is 0.103. The largest absolute Gasteiger partial charge is 0.394 e. The first-order valence-electron chi connectivity index (χ1n) is 14.1. The maximum absolute atomic E-state index is 11.0. The molecule has 21 nitrogen and oxygen atoms in total. The van der Waals surface area contributed by atoms with Gasteiger partial charge in [-0.15, -0.1) is 0 Å². The third-order valence-corrected chi connectivity index (χ3v) is 8.21. The van der Waals surface area contributed by atoms with Gasteiger partial charge in [-0.25, -0.2) is 0 Å². The van der Waals surface area contributed by atoms with Crippen LogP contribution in [0.5, 0.6) is 0 Å². The van der Waals surface area contributed by atoms with Gasteiger partial charge < -0.3 is 105 Å². The maximum Gasteiger partial charge on any atom is 0.187 e. The number of aliphatic hydroxyl groups excluding tert-OH is 14. The van der Waals surface area contributed by atoms with Crippen molar-refractivity contribution >= 4 is 0 Å². The van der Waals surface area contributed by atoms with Crippen molar-refractivity contribution in [1.29, 1.82) is 0 Å². The highest BCUT2D eigenvalue weighted by Gasteiger charge is 2.55. The van der Waals surface area contributed by atoms with Crippen LogP contribution in [0.25, 0.3) is 0 Å². The molecule has 4 rings (SSSR count). The van der Waals surface area contributed by atoms with E-state index in [1.54, 1.807) is 0 Å². The summed E-state index contributed by atoms with van der Waals surface area (Å²) >= 11 is 0. The van der Waals surface area contributed by atoms with Gasteiger partial charge >= 0.3 is 0 Å². The fraction of sp³-hybridized carbons (Fsp3) is 1.00. The van der Waals surface area contributed by atoms with Crippen molar-refractivity contribution in [2.24, 2.45) is 0 Å². The van der Waals surface area contributed by atoms with Crippen LogP contribution >= 0.6 is 0 Å². The lowest BCUT2D eigenvalue weighted by Crippen LogP contribution is -2.67.